The monoisotopic (exact) mass is 451 g/mol. The first-order valence-corrected chi connectivity index (χ1v) is 13.1. The number of benzene rings is 1. The van der Waals surface area contributed by atoms with Crippen molar-refractivity contribution in [1.82, 2.24) is 0 Å². The lowest BCUT2D eigenvalue weighted by Crippen LogP contribution is -2.22. The van der Waals surface area contributed by atoms with E-state index in [4.69, 9.17) is 10.5 Å². The van der Waals surface area contributed by atoms with Crippen molar-refractivity contribution >= 4 is 15.6 Å². The first-order valence-electron chi connectivity index (χ1n) is 11.4. The van der Waals surface area contributed by atoms with Crippen molar-refractivity contribution in [3.8, 4) is 5.75 Å². The van der Waals surface area contributed by atoms with Crippen LogP contribution in [0.25, 0.3) is 0 Å². The van der Waals surface area contributed by atoms with Crippen molar-refractivity contribution in [3.63, 3.8) is 0 Å². The van der Waals surface area contributed by atoms with Crippen molar-refractivity contribution in [2.75, 3.05) is 18.9 Å². The van der Waals surface area contributed by atoms with E-state index in [1.165, 1.54) is 12.1 Å². The molecule has 1 aromatic carbocycles. The van der Waals surface area contributed by atoms with Gasteiger partial charge in [0.15, 0.2) is 9.84 Å². The molecule has 2 fully saturated rings. The van der Waals surface area contributed by atoms with E-state index in [2.05, 4.69) is 0 Å². The van der Waals surface area contributed by atoms with Crippen molar-refractivity contribution in [3.05, 3.63) is 36.2 Å². The van der Waals surface area contributed by atoms with Gasteiger partial charge in [0, 0.05) is 24.0 Å². The van der Waals surface area contributed by atoms with E-state index >= 15 is 0 Å². The second-order valence-corrected chi connectivity index (χ2v) is 11.0. The van der Waals surface area contributed by atoms with Crippen LogP contribution in [-0.2, 0) is 14.6 Å². The fourth-order valence-corrected chi connectivity index (χ4v) is 6.53. The first kappa shape index (κ1) is 23.9. The molecule has 2 unspecified atom stereocenters. The maximum atomic E-state index is 12.9. The Labute approximate surface area is 185 Å². The molecule has 0 saturated heterocycles. The molecule has 2 aliphatic carbocycles. The summed E-state index contributed by atoms with van der Waals surface area (Å²) in [4.78, 5) is 13.0. The Bertz CT molecular complexity index is 860. The van der Waals surface area contributed by atoms with E-state index in [1.54, 1.807) is 12.1 Å². The second kappa shape index (κ2) is 11.2. The zero-order valence-electron chi connectivity index (χ0n) is 18.1. The van der Waals surface area contributed by atoms with Gasteiger partial charge in [-0.3, -0.25) is 4.79 Å². The number of Topliss-reactive ketones (excluding diaryl/α,β-unsaturated/α-hetero) is 1. The third-order valence-electron chi connectivity index (χ3n) is 6.73. The molecular formula is C24H34FNO4S. The number of carbonyl (C=O) groups excluding carboxylic acids is 1. The summed E-state index contributed by atoms with van der Waals surface area (Å²) in [5.74, 6) is 1.45. The maximum absolute atomic E-state index is 12.9. The summed E-state index contributed by atoms with van der Waals surface area (Å²) in [6.07, 6.45) is 9.09. The van der Waals surface area contributed by atoms with Crippen LogP contribution in [0.3, 0.4) is 0 Å². The van der Waals surface area contributed by atoms with Crippen LogP contribution in [0.4, 0.5) is 4.39 Å². The highest BCUT2D eigenvalue weighted by atomic mass is 32.2. The zero-order valence-corrected chi connectivity index (χ0v) is 18.9. The highest BCUT2D eigenvalue weighted by molar-refractivity contribution is 7.91. The molecule has 0 aliphatic heterocycles. The Morgan fingerprint density at radius 1 is 1.00 bits per heavy atom. The molecule has 0 radical (unpaired) electrons. The van der Waals surface area contributed by atoms with Gasteiger partial charge in [-0.1, -0.05) is 19.3 Å². The van der Waals surface area contributed by atoms with Gasteiger partial charge in [-0.05, 0) is 68.7 Å². The highest BCUT2D eigenvalue weighted by Crippen LogP contribution is 2.35. The van der Waals surface area contributed by atoms with E-state index < -0.39 is 9.84 Å². The molecule has 31 heavy (non-hydrogen) atoms. The van der Waals surface area contributed by atoms with Crippen LogP contribution in [0.1, 0.15) is 57.8 Å². The molecule has 5 nitrogen and oxygen atoms in total. The highest BCUT2D eigenvalue weighted by Gasteiger charge is 2.32. The van der Waals surface area contributed by atoms with E-state index in [9.17, 15) is 17.6 Å². The number of nitrogens with two attached hydrogens (primary N) is 1. The number of ether oxygens (including phenoxy) is 1. The lowest BCUT2D eigenvalue weighted by Gasteiger charge is -2.18. The average Bonchev–Trinajstić information content (AvgIpc) is 3.22. The Kier molecular flexibility index (Phi) is 8.67. The number of halogens is 1. The van der Waals surface area contributed by atoms with Crippen molar-refractivity contribution in [2.45, 2.75) is 62.7 Å². The van der Waals surface area contributed by atoms with Gasteiger partial charge in [0.1, 0.15) is 18.1 Å². The predicted molar refractivity (Wildman–Crippen MR) is 119 cm³/mol. The Hall–Kier alpha value is -1.73. The number of hydrogen-bond donors (Lipinski definition) is 1. The van der Waals surface area contributed by atoms with Gasteiger partial charge in [-0.2, -0.15) is 0 Å². The molecule has 7 heteroatoms. The van der Waals surface area contributed by atoms with E-state index in [-0.39, 0.29) is 41.6 Å². The van der Waals surface area contributed by atoms with E-state index in [1.807, 2.05) is 0 Å². The van der Waals surface area contributed by atoms with E-state index in [0.29, 0.717) is 23.4 Å². The van der Waals surface area contributed by atoms with Gasteiger partial charge < -0.3 is 10.5 Å². The minimum absolute atomic E-state index is 0.0297. The fraction of sp³-hybridized carbons (Fsp3) is 0.625. The van der Waals surface area contributed by atoms with Gasteiger partial charge in [-0.15, -0.1) is 0 Å². The van der Waals surface area contributed by atoms with Crippen molar-refractivity contribution < 1.29 is 22.3 Å². The summed E-state index contributed by atoms with van der Waals surface area (Å²) in [5.41, 5.74) is 5.73. The van der Waals surface area contributed by atoms with Gasteiger partial charge in [0.25, 0.3) is 0 Å². The second-order valence-electron chi connectivity index (χ2n) is 8.97. The van der Waals surface area contributed by atoms with Crippen LogP contribution in [0.15, 0.2) is 41.1 Å². The summed E-state index contributed by atoms with van der Waals surface area (Å²) in [5, 5.41) is 0. The minimum atomic E-state index is -3.42. The largest absolute Gasteiger partial charge is 0.489 e. The molecule has 0 bridgehead atoms. The fourth-order valence-electron chi connectivity index (χ4n) is 4.83. The molecule has 0 aromatic heterocycles. The smallest absolute Gasteiger partial charge is 0.178 e. The lowest BCUT2D eigenvalue weighted by atomic mass is 9.86. The summed E-state index contributed by atoms with van der Waals surface area (Å²) < 4.78 is 43.9. The molecule has 172 valence electrons. The number of ketones is 1. The molecule has 0 spiro atoms. The molecule has 2 atom stereocenters. The Morgan fingerprint density at radius 3 is 2.29 bits per heavy atom. The van der Waals surface area contributed by atoms with Gasteiger partial charge >= 0.3 is 0 Å². The van der Waals surface area contributed by atoms with E-state index in [0.717, 1.165) is 57.8 Å². The van der Waals surface area contributed by atoms with Crippen LogP contribution >= 0.6 is 0 Å². The molecule has 2 saturated carbocycles. The predicted octanol–water partition coefficient (Wildman–Crippen LogP) is 4.61. The number of rotatable bonds is 9. The van der Waals surface area contributed by atoms with Gasteiger partial charge in [-0.25, -0.2) is 12.8 Å². The van der Waals surface area contributed by atoms with Crippen LogP contribution in [-0.4, -0.2) is 33.1 Å². The first-order chi connectivity index (χ1) is 14.9. The normalized spacial score (nSPS) is 23.5. The molecule has 2 aliphatic rings. The van der Waals surface area contributed by atoms with Crippen LogP contribution in [0.5, 0.6) is 5.75 Å². The lowest BCUT2D eigenvalue weighted by molar-refractivity contribution is -0.127. The topological polar surface area (TPSA) is 86.5 Å². The molecule has 3 rings (SSSR count). The molecular weight excluding hydrogens is 417 g/mol. The molecule has 2 N–H and O–H groups in total. The number of hydrogen-bond acceptors (Lipinski definition) is 5. The average molecular weight is 452 g/mol. The summed E-state index contributed by atoms with van der Waals surface area (Å²) in [7, 11) is -3.42. The molecule has 1 aromatic rings. The zero-order chi connectivity index (χ0) is 22.3. The quantitative estimate of drug-likeness (QED) is 0.554. The minimum Gasteiger partial charge on any atom is -0.489 e. The molecule has 0 amide bonds. The standard InChI is InChI=1S/C24H34FNO4S/c25-14-19(15-26)16-30-22-10-12-23(13-11-22)31(28,29)17-18-4-3-7-21(9-8-18)24(27)20-5-1-2-6-20/h10-14,18,20-21H,1-9,15-17,26H2/b19-14+. The van der Waals surface area contributed by atoms with Crippen molar-refractivity contribution in [2.24, 2.45) is 23.5 Å². The number of carbonyl (C=O) groups is 1. The Morgan fingerprint density at radius 2 is 1.65 bits per heavy atom. The summed E-state index contributed by atoms with van der Waals surface area (Å²) >= 11 is 0. The Balaban J connectivity index is 1.54. The van der Waals surface area contributed by atoms with Crippen LogP contribution in [0, 0.1) is 17.8 Å². The third-order valence-corrected chi connectivity index (χ3v) is 8.63. The van der Waals surface area contributed by atoms with Crippen molar-refractivity contribution in [1.29, 1.82) is 0 Å². The number of sulfone groups is 1. The SMILES string of the molecule is NC/C(=C\F)COc1ccc(S(=O)(=O)CC2CCCC(C(=O)C3CCCC3)CC2)cc1. The van der Waals surface area contributed by atoms with Gasteiger partial charge in [0.2, 0.25) is 0 Å². The molecule has 0 heterocycles. The van der Waals surface area contributed by atoms with Crippen LogP contribution in [0.2, 0.25) is 0 Å². The summed E-state index contributed by atoms with van der Waals surface area (Å²) in [6.45, 7) is 0.0966. The van der Waals surface area contributed by atoms with Gasteiger partial charge in [0.05, 0.1) is 17.0 Å². The third kappa shape index (κ3) is 6.62. The van der Waals surface area contributed by atoms with Crippen LogP contribution < -0.4 is 10.5 Å². The maximum Gasteiger partial charge on any atom is 0.178 e. The summed E-state index contributed by atoms with van der Waals surface area (Å²) in [6, 6.07) is 6.25.